The van der Waals surface area contributed by atoms with Crippen LogP contribution in [-0.4, -0.2) is 41.2 Å². The largest absolute Gasteiger partial charge is 0.356 e. The Hall–Kier alpha value is -1.03. The van der Waals surface area contributed by atoms with Gasteiger partial charge in [0, 0.05) is 35.1 Å². The Morgan fingerprint density at radius 1 is 1.35 bits per heavy atom. The topological polar surface area (TPSA) is 75.2 Å². The summed E-state index contributed by atoms with van der Waals surface area (Å²) >= 11 is 4.63. The summed E-state index contributed by atoms with van der Waals surface area (Å²) in [5.74, 6) is 0.729. The van der Waals surface area contributed by atoms with Crippen molar-refractivity contribution in [2.45, 2.75) is 30.7 Å². The van der Waals surface area contributed by atoms with Crippen molar-refractivity contribution >= 4 is 42.6 Å². The minimum absolute atomic E-state index is 0.0568. The van der Waals surface area contributed by atoms with E-state index in [0.717, 1.165) is 28.3 Å². The van der Waals surface area contributed by atoms with Gasteiger partial charge in [-0.15, -0.1) is 0 Å². The number of hydrogen-bond donors (Lipinski definition) is 1. The number of hydrogen-bond acceptors (Lipinski definition) is 6. The zero-order chi connectivity index (χ0) is 16.4. The van der Waals surface area contributed by atoms with Crippen molar-refractivity contribution in [1.29, 1.82) is 0 Å². The van der Waals surface area contributed by atoms with Crippen LogP contribution in [0.4, 0.5) is 5.13 Å². The van der Waals surface area contributed by atoms with E-state index in [-0.39, 0.29) is 6.04 Å². The van der Waals surface area contributed by atoms with Crippen molar-refractivity contribution < 1.29 is 8.42 Å². The molecule has 0 saturated carbocycles. The van der Waals surface area contributed by atoms with E-state index in [1.54, 1.807) is 28.6 Å². The van der Waals surface area contributed by atoms with E-state index in [1.165, 1.54) is 11.5 Å². The molecule has 3 rings (SSSR count). The molecule has 1 saturated heterocycles. The minimum atomic E-state index is -3.46. The fourth-order valence-electron chi connectivity index (χ4n) is 2.56. The van der Waals surface area contributed by atoms with Gasteiger partial charge in [-0.2, -0.15) is 8.68 Å². The van der Waals surface area contributed by atoms with Gasteiger partial charge in [0.15, 0.2) is 0 Å². The van der Waals surface area contributed by atoms with Gasteiger partial charge in [-0.25, -0.2) is 13.4 Å². The first-order valence-corrected chi connectivity index (χ1v) is 10.3. The van der Waals surface area contributed by atoms with Gasteiger partial charge < -0.3 is 5.32 Å². The molecule has 1 aromatic heterocycles. The van der Waals surface area contributed by atoms with Crippen molar-refractivity contribution in [2.75, 3.05) is 18.4 Å². The van der Waals surface area contributed by atoms with Crippen LogP contribution in [0.2, 0.25) is 0 Å². The van der Waals surface area contributed by atoms with Crippen LogP contribution in [0.3, 0.4) is 0 Å². The quantitative estimate of drug-likeness (QED) is 0.828. The second kappa shape index (κ2) is 6.84. The number of nitrogens with one attached hydrogen (secondary N) is 1. The third kappa shape index (κ3) is 3.90. The Balaban J connectivity index is 1.73. The van der Waals surface area contributed by atoms with E-state index in [2.05, 4.69) is 30.6 Å². The number of nitrogens with zero attached hydrogens (tertiary/aromatic N) is 3. The van der Waals surface area contributed by atoms with Crippen molar-refractivity contribution in [1.82, 2.24) is 13.7 Å². The van der Waals surface area contributed by atoms with E-state index in [9.17, 15) is 8.42 Å². The number of aryl methyl sites for hydroxylation is 1. The van der Waals surface area contributed by atoms with Crippen LogP contribution in [0.15, 0.2) is 33.6 Å². The zero-order valence-corrected chi connectivity index (χ0v) is 15.8. The highest BCUT2D eigenvalue weighted by Crippen LogP contribution is 2.24. The normalized spacial score (nSPS) is 19.7. The lowest BCUT2D eigenvalue weighted by atomic mass is 10.1. The number of anilines is 1. The highest BCUT2D eigenvalue weighted by atomic mass is 79.9. The summed E-state index contributed by atoms with van der Waals surface area (Å²) in [4.78, 5) is 4.61. The van der Waals surface area contributed by atoms with Gasteiger partial charge in [0.25, 0.3) is 0 Å². The lowest BCUT2D eigenvalue weighted by Gasteiger charge is -2.32. The molecular weight excluding hydrogens is 400 g/mol. The maximum Gasteiger partial charge on any atom is 0.243 e. The molecule has 23 heavy (non-hydrogen) atoms. The average Bonchev–Trinajstić information content (AvgIpc) is 2.93. The number of rotatable bonds is 4. The first-order valence-electron chi connectivity index (χ1n) is 7.28. The molecule has 1 aliphatic rings. The van der Waals surface area contributed by atoms with E-state index >= 15 is 0 Å². The highest BCUT2D eigenvalue weighted by molar-refractivity contribution is 9.10. The molecule has 1 unspecified atom stereocenters. The monoisotopic (exact) mass is 416 g/mol. The van der Waals surface area contributed by atoms with Crippen LogP contribution >= 0.6 is 27.5 Å². The number of sulfonamides is 1. The lowest BCUT2D eigenvalue weighted by Crippen LogP contribution is -2.45. The Labute approximate surface area is 148 Å². The molecule has 0 spiro atoms. The predicted molar refractivity (Wildman–Crippen MR) is 94.2 cm³/mol. The van der Waals surface area contributed by atoms with Crippen molar-refractivity contribution in [3.8, 4) is 0 Å². The molecule has 0 bridgehead atoms. The Morgan fingerprint density at radius 3 is 2.74 bits per heavy atom. The molecule has 1 aliphatic heterocycles. The molecule has 0 amide bonds. The molecule has 9 heteroatoms. The molecule has 0 aliphatic carbocycles. The van der Waals surface area contributed by atoms with E-state index in [4.69, 9.17) is 0 Å². The Morgan fingerprint density at radius 2 is 2.09 bits per heavy atom. The number of aromatic nitrogens is 2. The molecule has 1 aromatic carbocycles. The van der Waals surface area contributed by atoms with E-state index < -0.39 is 10.0 Å². The van der Waals surface area contributed by atoms with Crippen molar-refractivity contribution in [3.63, 3.8) is 0 Å². The van der Waals surface area contributed by atoms with Crippen LogP contribution in [0.1, 0.15) is 18.7 Å². The van der Waals surface area contributed by atoms with Gasteiger partial charge in [-0.3, -0.25) is 0 Å². The average molecular weight is 417 g/mol. The van der Waals surface area contributed by atoms with Gasteiger partial charge in [0.2, 0.25) is 15.2 Å². The molecule has 2 aromatic rings. The fourth-order valence-corrected chi connectivity index (χ4v) is 5.00. The standard InChI is InChI=1S/C14H17BrN4O2S2/c1-10-16-14(22-18-10)17-12-3-2-8-19(9-12)23(20,21)13-6-4-11(15)5-7-13/h4-7,12H,2-3,8-9H2,1H3,(H,16,17,18). The maximum absolute atomic E-state index is 12.8. The SMILES string of the molecule is Cc1nsc(NC2CCCN(S(=O)(=O)c3ccc(Br)cc3)C2)n1. The Kier molecular flexibility index (Phi) is 5.00. The molecule has 124 valence electrons. The summed E-state index contributed by atoms with van der Waals surface area (Å²) in [6, 6.07) is 6.81. The number of halogens is 1. The third-order valence-electron chi connectivity index (χ3n) is 3.69. The van der Waals surface area contributed by atoms with Crippen LogP contribution in [0, 0.1) is 6.92 Å². The van der Waals surface area contributed by atoms with Crippen molar-refractivity contribution in [2.24, 2.45) is 0 Å². The molecule has 6 nitrogen and oxygen atoms in total. The minimum Gasteiger partial charge on any atom is -0.356 e. The highest BCUT2D eigenvalue weighted by Gasteiger charge is 2.30. The van der Waals surface area contributed by atoms with Crippen molar-refractivity contribution in [3.05, 3.63) is 34.6 Å². The lowest BCUT2D eigenvalue weighted by molar-refractivity contribution is 0.327. The summed E-state index contributed by atoms with van der Waals surface area (Å²) in [7, 11) is -3.46. The van der Waals surface area contributed by atoms with Gasteiger partial charge in [0.1, 0.15) is 5.82 Å². The molecule has 2 heterocycles. The second-order valence-electron chi connectivity index (χ2n) is 5.45. The molecule has 1 atom stereocenters. The maximum atomic E-state index is 12.8. The smallest absolute Gasteiger partial charge is 0.243 e. The van der Waals surface area contributed by atoms with Crippen LogP contribution in [0.5, 0.6) is 0 Å². The molecular formula is C14H17BrN4O2S2. The number of benzene rings is 1. The van der Waals surface area contributed by atoms with Gasteiger partial charge >= 0.3 is 0 Å². The van der Waals surface area contributed by atoms with E-state index in [1.807, 2.05) is 6.92 Å². The molecule has 1 fully saturated rings. The summed E-state index contributed by atoms with van der Waals surface area (Å²) in [6.45, 7) is 2.83. The van der Waals surface area contributed by atoms with Crippen LogP contribution < -0.4 is 5.32 Å². The number of piperidine rings is 1. The molecule has 1 N–H and O–H groups in total. The first kappa shape index (κ1) is 16.8. The fraction of sp³-hybridized carbons (Fsp3) is 0.429. The van der Waals surface area contributed by atoms with Crippen LogP contribution in [-0.2, 0) is 10.0 Å². The van der Waals surface area contributed by atoms with Gasteiger partial charge in [-0.05, 0) is 44.0 Å². The summed E-state index contributed by atoms with van der Waals surface area (Å²) in [6.07, 6.45) is 1.75. The summed E-state index contributed by atoms with van der Waals surface area (Å²) < 4.78 is 32.1. The molecule has 0 radical (unpaired) electrons. The predicted octanol–water partition coefficient (Wildman–Crippen LogP) is 2.87. The van der Waals surface area contributed by atoms with Gasteiger partial charge in [0.05, 0.1) is 4.90 Å². The third-order valence-corrected chi connectivity index (χ3v) is 6.84. The van der Waals surface area contributed by atoms with Crippen LogP contribution in [0.25, 0.3) is 0 Å². The second-order valence-corrected chi connectivity index (χ2v) is 9.05. The summed E-state index contributed by atoms with van der Waals surface area (Å²) in [5.41, 5.74) is 0. The van der Waals surface area contributed by atoms with E-state index in [0.29, 0.717) is 18.0 Å². The first-order chi connectivity index (χ1) is 10.9. The van der Waals surface area contributed by atoms with Gasteiger partial charge in [-0.1, -0.05) is 15.9 Å². The Bertz CT molecular complexity index is 776. The summed E-state index contributed by atoms with van der Waals surface area (Å²) in [5, 5.41) is 4.04. The zero-order valence-electron chi connectivity index (χ0n) is 12.6.